The van der Waals surface area contributed by atoms with E-state index < -0.39 is 0 Å². The largest absolute Gasteiger partial charge is 0.324 e. The average Bonchev–Trinajstić information content (AvgIpc) is 2.95. The number of rotatable bonds is 5. The lowest BCUT2D eigenvalue weighted by atomic mass is 10.1. The third-order valence-corrected chi connectivity index (χ3v) is 4.06. The highest BCUT2D eigenvalue weighted by Crippen LogP contribution is 2.21. The standard InChI is InChI=1S/C16H25N3O.ClH/c1-4-13-7-5-6-12(2)16(13)18-15(20)11-19(3)14-8-9-17-10-14;/h5-7,14,17H,4,8-11H2,1-3H3,(H,18,20);1H. The first-order chi connectivity index (χ1) is 9.61. The second kappa shape index (κ2) is 8.37. The highest BCUT2D eigenvalue weighted by atomic mass is 35.5. The van der Waals surface area contributed by atoms with Crippen LogP contribution in [0.25, 0.3) is 0 Å². The van der Waals surface area contributed by atoms with Gasteiger partial charge < -0.3 is 10.6 Å². The molecule has 0 bridgehead atoms. The van der Waals surface area contributed by atoms with Gasteiger partial charge in [-0.1, -0.05) is 25.1 Å². The summed E-state index contributed by atoms with van der Waals surface area (Å²) in [6.07, 6.45) is 2.05. The Labute approximate surface area is 133 Å². The molecule has 1 heterocycles. The van der Waals surface area contributed by atoms with Crippen LogP contribution in [0.2, 0.25) is 0 Å². The number of nitrogens with one attached hydrogen (secondary N) is 2. The predicted molar refractivity (Wildman–Crippen MR) is 90.3 cm³/mol. The van der Waals surface area contributed by atoms with Crippen molar-refractivity contribution in [1.82, 2.24) is 10.2 Å². The number of para-hydroxylation sites is 1. The van der Waals surface area contributed by atoms with Gasteiger partial charge in [0, 0.05) is 18.3 Å². The SMILES string of the molecule is CCc1cccc(C)c1NC(=O)CN(C)C1CCNC1.Cl. The summed E-state index contributed by atoms with van der Waals surface area (Å²) in [6.45, 7) is 6.63. The zero-order chi connectivity index (χ0) is 14.5. The van der Waals surface area contributed by atoms with E-state index in [1.54, 1.807) is 0 Å². The van der Waals surface area contributed by atoms with E-state index in [2.05, 4.69) is 28.5 Å². The van der Waals surface area contributed by atoms with Crippen LogP contribution in [0.3, 0.4) is 0 Å². The smallest absolute Gasteiger partial charge is 0.238 e. The molecule has 1 saturated heterocycles. The number of hydrogen-bond acceptors (Lipinski definition) is 3. The van der Waals surface area contributed by atoms with Gasteiger partial charge >= 0.3 is 0 Å². The van der Waals surface area contributed by atoms with Gasteiger partial charge in [0.25, 0.3) is 0 Å². The van der Waals surface area contributed by atoms with E-state index in [1.807, 2.05) is 26.1 Å². The van der Waals surface area contributed by atoms with Gasteiger partial charge in [-0.05, 0) is 44.5 Å². The summed E-state index contributed by atoms with van der Waals surface area (Å²) >= 11 is 0. The maximum atomic E-state index is 12.2. The highest BCUT2D eigenvalue weighted by Gasteiger charge is 2.21. The van der Waals surface area contributed by atoms with Crippen LogP contribution in [-0.4, -0.2) is 43.5 Å². The van der Waals surface area contributed by atoms with Crippen LogP contribution < -0.4 is 10.6 Å². The van der Waals surface area contributed by atoms with Crippen molar-refractivity contribution in [2.75, 3.05) is 32.0 Å². The third kappa shape index (κ3) is 4.70. The summed E-state index contributed by atoms with van der Waals surface area (Å²) < 4.78 is 0. The Morgan fingerprint density at radius 3 is 2.86 bits per heavy atom. The van der Waals surface area contributed by atoms with E-state index in [0.717, 1.165) is 37.2 Å². The molecule has 0 saturated carbocycles. The molecule has 1 aromatic carbocycles. The molecule has 21 heavy (non-hydrogen) atoms. The first-order valence-electron chi connectivity index (χ1n) is 7.41. The van der Waals surface area contributed by atoms with Crippen molar-refractivity contribution in [2.24, 2.45) is 0 Å². The number of likely N-dealkylation sites (N-methyl/N-ethyl adjacent to an activating group) is 1. The zero-order valence-electron chi connectivity index (χ0n) is 13.1. The van der Waals surface area contributed by atoms with Gasteiger partial charge in [-0.3, -0.25) is 9.69 Å². The molecule has 5 heteroatoms. The normalized spacial score (nSPS) is 17.6. The summed E-state index contributed by atoms with van der Waals surface area (Å²) in [6, 6.07) is 6.63. The van der Waals surface area contributed by atoms with E-state index in [0.29, 0.717) is 12.6 Å². The number of carbonyl (C=O) groups excluding carboxylic acids is 1. The van der Waals surface area contributed by atoms with Crippen LogP contribution in [0.15, 0.2) is 18.2 Å². The van der Waals surface area contributed by atoms with Crippen LogP contribution >= 0.6 is 12.4 Å². The minimum absolute atomic E-state index is 0. The lowest BCUT2D eigenvalue weighted by Gasteiger charge is -2.23. The van der Waals surface area contributed by atoms with Crippen molar-refractivity contribution in [3.8, 4) is 0 Å². The lowest BCUT2D eigenvalue weighted by molar-refractivity contribution is -0.117. The van der Waals surface area contributed by atoms with Crippen molar-refractivity contribution in [3.63, 3.8) is 0 Å². The summed E-state index contributed by atoms with van der Waals surface area (Å²) in [5.74, 6) is 0.0726. The minimum atomic E-state index is 0. The van der Waals surface area contributed by atoms with Gasteiger partial charge in [-0.25, -0.2) is 0 Å². The average molecular weight is 312 g/mol. The fraction of sp³-hybridized carbons (Fsp3) is 0.562. The molecule has 4 nitrogen and oxygen atoms in total. The number of nitrogens with zero attached hydrogens (tertiary/aromatic N) is 1. The van der Waals surface area contributed by atoms with Crippen molar-refractivity contribution in [3.05, 3.63) is 29.3 Å². The van der Waals surface area contributed by atoms with Gasteiger partial charge in [0.2, 0.25) is 5.91 Å². The highest BCUT2D eigenvalue weighted by molar-refractivity contribution is 5.93. The zero-order valence-corrected chi connectivity index (χ0v) is 13.9. The molecule has 2 N–H and O–H groups in total. The van der Waals surface area contributed by atoms with Crippen molar-refractivity contribution < 1.29 is 4.79 Å². The van der Waals surface area contributed by atoms with Crippen LogP contribution in [0.5, 0.6) is 0 Å². The van der Waals surface area contributed by atoms with Crippen molar-refractivity contribution >= 4 is 24.0 Å². The van der Waals surface area contributed by atoms with Crippen molar-refractivity contribution in [1.29, 1.82) is 0 Å². The van der Waals surface area contributed by atoms with Crippen LogP contribution in [0, 0.1) is 6.92 Å². The van der Waals surface area contributed by atoms with Gasteiger partial charge in [0.05, 0.1) is 6.54 Å². The Hall–Kier alpha value is -1.10. The number of carbonyl (C=O) groups is 1. The fourth-order valence-corrected chi connectivity index (χ4v) is 2.75. The van der Waals surface area contributed by atoms with Gasteiger partial charge in [0.1, 0.15) is 0 Å². The number of amides is 1. The van der Waals surface area contributed by atoms with Crippen LogP contribution in [0.4, 0.5) is 5.69 Å². The van der Waals surface area contributed by atoms with Crippen LogP contribution in [0.1, 0.15) is 24.5 Å². The number of halogens is 1. The molecule has 1 atom stereocenters. The van der Waals surface area contributed by atoms with E-state index >= 15 is 0 Å². The van der Waals surface area contributed by atoms with E-state index in [-0.39, 0.29) is 18.3 Å². The maximum Gasteiger partial charge on any atom is 0.238 e. The Kier molecular flexibility index (Phi) is 7.15. The number of benzene rings is 1. The predicted octanol–water partition coefficient (Wildman–Crippen LogP) is 2.21. The minimum Gasteiger partial charge on any atom is -0.324 e. The molecule has 2 rings (SSSR count). The van der Waals surface area contributed by atoms with Crippen LogP contribution in [-0.2, 0) is 11.2 Å². The molecular weight excluding hydrogens is 286 g/mol. The summed E-state index contributed by atoms with van der Waals surface area (Å²) in [5, 5.41) is 6.41. The molecular formula is C16H26ClN3O. The summed E-state index contributed by atoms with van der Waals surface area (Å²) in [5.41, 5.74) is 3.31. The van der Waals surface area contributed by atoms with E-state index in [1.165, 1.54) is 5.56 Å². The first-order valence-corrected chi connectivity index (χ1v) is 7.41. The molecule has 1 aromatic rings. The molecule has 1 amide bonds. The van der Waals surface area contributed by atoms with Crippen molar-refractivity contribution in [2.45, 2.75) is 32.7 Å². The van der Waals surface area contributed by atoms with Gasteiger partial charge in [0.15, 0.2) is 0 Å². The monoisotopic (exact) mass is 311 g/mol. The Bertz CT molecular complexity index is 473. The Morgan fingerprint density at radius 1 is 1.48 bits per heavy atom. The molecule has 1 aliphatic rings. The first kappa shape index (κ1) is 18.0. The summed E-state index contributed by atoms with van der Waals surface area (Å²) in [7, 11) is 2.02. The molecule has 1 aliphatic heterocycles. The summed E-state index contributed by atoms with van der Waals surface area (Å²) in [4.78, 5) is 14.4. The second-order valence-corrected chi connectivity index (χ2v) is 5.57. The topological polar surface area (TPSA) is 44.4 Å². The molecule has 1 unspecified atom stereocenters. The Balaban J connectivity index is 0.00000220. The van der Waals surface area contributed by atoms with E-state index in [9.17, 15) is 4.79 Å². The number of aryl methyl sites for hydroxylation is 2. The van der Waals surface area contributed by atoms with Gasteiger partial charge in [-0.15, -0.1) is 12.4 Å². The second-order valence-electron chi connectivity index (χ2n) is 5.57. The third-order valence-electron chi connectivity index (χ3n) is 4.06. The molecule has 1 fully saturated rings. The molecule has 118 valence electrons. The molecule has 0 radical (unpaired) electrons. The quantitative estimate of drug-likeness (QED) is 0.876. The van der Waals surface area contributed by atoms with E-state index in [4.69, 9.17) is 0 Å². The number of hydrogen-bond donors (Lipinski definition) is 2. The number of anilines is 1. The lowest BCUT2D eigenvalue weighted by Crippen LogP contribution is -2.39. The van der Waals surface area contributed by atoms with Gasteiger partial charge in [-0.2, -0.15) is 0 Å². The molecule has 0 spiro atoms. The fourth-order valence-electron chi connectivity index (χ4n) is 2.75. The Morgan fingerprint density at radius 2 is 2.24 bits per heavy atom. The molecule has 0 aromatic heterocycles. The molecule has 0 aliphatic carbocycles. The maximum absolute atomic E-state index is 12.2.